The Labute approximate surface area is 115 Å². The maximum Gasteiger partial charge on any atom is 0.109 e. The highest BCUT2D eigenvalue weighted by Crippen LogP contribution is 2.20. The summed E-state index contributed by atoms with van der Waals surface area (Å²) < 4.78 is 0. The van der Waals surface area contributed by atoms with E-state index in [2.05, 4.69) is 34.6 Å². The third kappa shape index (κ3) is 3.77. The molecule has 2 rings (SSSR count). The highest BCUT2D eigenvalue weighted by molar-refractivity contribution is 7.09. The van der Waals surface area contributed by atoms with Crippen LogP contribution in [0.1, 0.15) is 50.1 Å². The Bertz CT molecular complexity index is 326. The van der Waals surface area contributed by atoms with Crippen LogP contribution in [-0.2, 0) is 0 Å². The molecule has 0 aromatic carbocycles. The molecular formula is C14H25N3S. The molecule has 0 radical (unpaired) electrons. The smallest absolute Gasteiger partial charge is 0.109 e. The second kappa shape index (κ2) is 7.22. The molecule has 3 nitrogen and oxygen atoms in total. The number of nitrogens with zero attached hydrogens (tertiary/aromatic N) is 2. The molecule has 1 fully saturated rings. The zero-order valence-electron chi connectivity index (χ0n) is 11.6. The Morgan fingerprint density at radius 1 is 1.56 bits per heavy atom. The molecule has 1 aliphatic rings. The molecule has 18 heavy (non-hydrogen) atoms. The van der Waals surface area contributed by atoms with Gasteiger partial charge in [-0.1, -0.05) is 13.3 Å². The summed E-state index contributed by atoms with van der Waals surface area (Å²) in [6.45, 7) is 4.60. The molecule has 1 aromatic rings. The lowest BCUT2D eigenvalue weighted by molar-refractivity contribution is 0.174. The van der Waals surface area contributed by atoms with Gasteiger partial charge in [0.15, 0.2) is 0 Å². The summed E-state index contributed by atoms with van der Waals surface area (Å²) in [5.74, 6) is 0. The lowest BCUT2D eigenvalue weighted by Gasteiger charge is -2.32. The fourth-order valence-corrected chi connectivity index (χ4v) is 3.54. The first-order chi connectivity index (χ1) is 8.81. The lowest BCUT2D eigenvalue weighted by Crippen LogP contribution is -2.38. The Morgan fingerprint density at radius 3 is 3.11 bits per heavy atom. The molecule has 1 N–H and O–H groups in total. The standard InChI is InChI=1S/C14H25N3S/c1-3-13(14-16-9-11-18-14)15-8-7-12-6-4-5-10-17(12)2/h9,11-13,15H,3-8,10H2,1-2H3. The number of nitrogens with one attached hydrogen (secondary N) is 1. The summed E-state index contributed by atoms with van der Waals surface area (Å²) >= 11 is 1.76. The normalized spacial score (nSPS) is 23.1. The Morgan fingerprint density at radius 2 is 2.44 bits per heavy atom. The van der Waals surface area contributed by atoms with E-state index in [0.29, 0.717) is 6.04 Å². The second-order valence-electron chi connectivity index (χ2n) is 5.20. The Kier molecular flexibility index (Phi) is 5.60. The van der Waals surface area contributed by atoms with E-state index < -0.39 is 0 Å². The van der Waals surface area contributed by atoms with Crippen LogP contribution < -0.4 is 5.32 Å². The predicted octanol–water partition coefficient (Wildman–Crippen LogP) is 3.06. The monoisotopic (exact) mass is 267 g/mol. The van der Waals surface area contributed by atoms with Crippen LogP contribution in [0.25, 0.3) is 0 Å². The molecule has 0 saturated carbocycles. The van der Waals surface area contributed by atoms with Gasteiger partial charge in [0.2, 0.25) is 0 Å². The van der Waals surface area contributed by atoms with Gasteiger partial charge in [-0.25, -0.2) is 4.98 Å². The molecule has 1 aliphatic heterocycles. The summed E-state index contributed by atoms with van der Waals surface area (Å²) in [6.07, 6.45) is 8.42. The molecule has 1 aromatic heterocycles. The lowest BCUT2D eigenvalue weighted by atomic mass is 10.00. The number of piperidine rings is 1. The van der Waals surface area contributed by atoms with Crippen LogP contribution >= 0.6 is 11.3 Å². The summed E-state index contributed by atoms with van der Waals surface area (Å²) in [6, 6.07) is 1.22. The van der Waals surface area contributed by atoms with Crippen molar-refractivity contribution in [2.45, 2.75) is 51.1 Å². The SMILES string of the molecule is CCC(NCCC1CCCCN1C)c1nccs1. The van der Waals surface area contributed by atoms with Gasteiger partial charge in [-0.3, -0.25) is 0 Å². The number of hydrogen-bond donors (Lipinski definition) is 1. The minimum absolute atomic E-state index is 0.443. The van der Waals surface area contributed by atoms with Gasteiger partial charge in [0.05, 0.1) is 6.04 Å². The molecule has 102 valence electrons. The van der Waals surface area contributed by atoms with Gasteiger partial charge in [-0.2, -0.15) is 0 Å². The Balaban J connectivity index is 1.73. The summed E-state index contributed by atoms with van der Waals surface area (Å²) in [7, 11) is 2.27. The predicted molar refractivity (Wildman–Crippen MR) is 78.0 cm³/mol. The molecule has 1 saturated heterocycles. The Hall–Kier alpha value is -0.450. The van der Waals surface area contributed by atoms with Crippen molar-refractivity contribution >= 4 is 11.3 Å². The van der Waals surface area contributed by atoms with Crippen LogP contribution in [0.3, 0.4) is 0 Å². The van der Waals surface area contributed by atoms with Gasteiger partial charge in [0.1, 0.15) is 5.01 Å². The average molecular weight is 267 g/mol. The van der Waals surface area contributed by atoms with E-state index in [9.17, 15) is 0 Å². The van der Waals surface area contributed by atoms with Crippen molar-refractivity contribution < 1.29 is 0 Å². The molecule has 0 amide bonds. The van der Waals surface area contributed by atoms with Crippen molar-refractivity contribution in [2.24, 2.45) is 0 Å². The topological polar surface area (TPSA) is 28.2 Å². The first-order valence-electron chi connectivity index (χ1n) is 7.14. The zero-order valence-corrected chi connectivity index (χ0v) is 12.4. The zero-order chi connectivity index (χ0) is 12.8. The van der Waals surface area contributed by atoms with Gasteiger partial charge >= 0.3 is 0 Å². The molecule has 4 heteroatoms. The maximum absolute atomic E-state index is 4.41. The highest BCUT2D eigenvalue weighted by Gasteiger charge is 2.19. The first kappa shape index (κ1) is 14.0. The van der Waals surface area contributed by atoms with E-state index in [0.717, 1.165) is 19.0 Å². The van der Waals surface area contributed by atoms with Crippen molar-refractivity contribution in [3.05, 3.63) is 16.6 Å². The van der Waals surface area contributed by atoms with E-state index in [4.69, 9.17) is 0 Å². The van der Waals surface area contributed by atoms with Gasteiger partial charge in [0, 0.05) is 17.6 Å². The third-order valence-corrected chi connectivity index (χ3v) is 4.84. The summed E-state index contributed by atoms with van der Waals surface area (Å²) in [5, 5.41) is 6.96. The molecule has 2 atom stereocenters. The van der Waals surface area contributed by atoms with Crippen molar-refractivity contribution in [3.8, 4) is 0 Å². The average Bonchev–Trinajstić information content (AvgIpc) is 2.90. The van der Waals surface area contributed by atoms with Crippen molar-refractivity contribution in [3.63, 3.8) is 0 Å². The number of rotatable bonds is 6. The second-order valence-corrected chi connectivity index (χ2v) is 6.13. The molecule has 0 spiro atoms. The van der Waals surface area contributed by atoms with E-state index in [1.54, 1.807) is 11.3 Å². The minimum Gasteiger partial charge on any atom is -0.308 e. The van der Waals surface area contributed by atoms with Crippen LogP contribution in [0.5, 0.6) is 0 Å². The quantitative estimate of drug-likeness (QED) is 0.858. The fraction of sp³-hybridized carbons (Fsp3) is 0.786. The van der Waals surface area contributed by atoms with Crippen LogP contribution in [0.15, 0.2) is 11.6 Å². The molecule has 0 aliphatic carbocycles. The highest BCUT2D eigenvalue weighted by atomic mass is 32.1. The minimum atomic E-state index is 0.443. The van der Waals surface area contributed by atoms with Gasteiger partial charge < -0.3 is 10.2 Å². The van der Waals surface area contributed by atoms with Crippen molar-refractivity contribution in [2.75, 3.05) is 20.1 Å². The summed E-state index contributed by atoms with van der Waals surface area (Å²) in [4.78, 5) is 6.94. The number of hydrogen-bond acceptors (Lipinski definition) is 4. The number of thiazole rings is 1. The van der Waals surface area contributed by atoms with Crippen LogP contribution in [-0.4, -0.2) is 36.1 Å². The van der Waals surface area contributed by atoms with Crippen molar-refractivity contribution in [1.29, 1.82) is 0 Å². The van der Waals surface area contributed by atoms with Crippen LogP contribution in [0.2, 0.25) is 0 Å². The maximum atomic E-state index is 4.41. The first-order valence-corrected chi connectivity index (χ1v) is 8.02. The van der Waals surface area contributed by atoms with Gasteiger partial charge in [-0.15, -0.1) is 11.3 Å². The summed E-state index contributed by atoms with van der Waals surface area (Å²) in [5.41, 5.74) is 0. The van der Waals surface area contributed by atoms with Crippen LogP contribution in [0, 0.1) is 0 Å². The number of likely N-dealkylation sites (tertiary alicyclic amines) is 1. The molecule has 2 heterocycles. The fourth-order valence-electron chi connectivity index (χ4n) is 2.75. The van der Waals surface area contributed by atoms with Gasteiger partial charge in [0.25, 0.3) is 0 Å². The van der Waals surface area contributed by atoms with E-state index in [-0.39, 0.29) is 0 Å². The van der Waals surface area contributed by atoms with E-state index >= 15 is 0 Å². The largest absolute Gasteiger partial charge is 0.308 e. The molecule has 0 bridgehead atoms. The van der Waals surface area contributed by atoms with E-state index in [1.807, 2.05) is 6.20 Å². The number of aromatic nitrogens is 1. The molecule has 2 unspecified atom stereocenters. The molecular weight excluding hydrogens is 242 g/mol. The third-order valence-electron chi connectivity index (χ3n) is 3.95. The van der Waals surface area contributed by atoms with E-state index in [1.165, 1.54) is 37.2 Å². The van der Waals surface area contributed by atoms with Crippen LogP contribution in [0.4, 0.5) is 0 Å². The van der Waals surface area contributed by atoms with Crippen molar-refractivity contribution in [1.82, 2.24) is 15.2 Å². The van der Waals surface area contributed by atoms with Gasteiger partial charge in [-0.05, 0) is 45.8 Å².